The van der Waals surface area contributed by atoms with Gasteiger partial charge in [0, 0.05) is 13.2 Å². The largest absolute Gasteiger partial charge is 0.459 e. The van der Waals surface area contributed by atoms with Crippen LogP contribution in [0.2, 0.25) is 0 Å². The van der Waals surface area contributed by atoms with Gasteiger partial charge in [-0.15, -0.1) is 0 Å². The maximum absolute atomic E-state index is 11.8. The number of amides is 1. The van der Waals surface area contributed by atoms with E-state index >= 15 is 0 Å². The predicted octanol–water partition coefficient (Wildman–Crippen LogP) is 1.95. The summed E-state index contributed by atoms with van der Waals surface area (Å²) in [4.78, 5) is 17.5. The highest BCUT2D eigenvalue weighted by Gasteiger charge is 2.14. The van der Waals surface area contributed by atoms with Crippen molar-refractivity contribution in [1.29, 1.82) is 0 Å². The predicted molar refractivity (Wildman–Crippen MR) is 58.7 cm³/mol. The highest BCUT2D eigenvalue weighted by atomic mass is 16.3. The smallest absolute Gasteiger partial charge is 0.289 e. The third-order valence-corrected chi connectivity index (χ3v) is 2.20. The lowest BCUT2D eigenvalue weighted by atomic mass is 10.3. The van der Waals surface area contributed by atoms with Crippen molar-refractivity contribution in [3.63, 3.8) is 0 Å². The van der Waals surface area contributed by atoms with E-state index in [1.54, 1.807) is 30.3 Å². The number of carbonyl (C=O) groups excluding carboxylic acids is 1. The Balaban J connectivity index is 2.04. The fraction of sp³-hybridized carbons (Fsp3) is 0.167. The topological polar surface area (TPSA) is 46.3 Å². The minimum absolute atomic E-state index is 0.143. The summed E-state index contributed by atoms with van der Waals surface area (Å²) < 4.78 is 5.04. The quantitative estimate of drug-likeness (QED) is 0.787. The lowest BCUT2D eigenvalue weighted by molar-refractivity contribution is 0.0752. The van der Waals surface area contributed by atoms with Crippen LogP contribution in [0.5, 0.6) is 0 Å². The zero-order valence-corrected chi connectivity index (χ0v) is 8.96. The summed E-state index contributed by atoms with van der Waals surface area (Å²) in [7, 11) is 1.72. The molecular formula is C12H12N2O2. The van der Waals surface area contributed by atoms with Crippen molar-refractivity contribution in [2.24, 2.45) is 0 Å². The molecule has 0 bridgehead atoms. The monoisotopic (exact) mass is 216 g/mol. The molecule has 0 fully saturated rings. The molecule has 82 valence electrons. The fourth-order valence-corrected chi connectivity index (χ4v) is 1.39. The van der Waals surface area contributed by atoms with Gasteiger partial charge in [-0.1, -0.05) is 6.07 Å². The molecule has 0 atom stereocenters. The molecule has 4 nitrogen and oxygen atoms in total. The van der Waals surface area contributed by atoms with Gasteiger partial charge in [-0.25, -0.2) is 0 Å². The fourth-order valence-electron chi connectivity index (χ4n) is 1.39. The molecule has 2 aromatic rings. The first-order chi connectivity index (χ1) is 7.77. The maximum atomic E-state index is 11.8. The summed E-state index contributed by atoms with van der Waals surface area (Å²) in [5.41, 5.74) is 0.852. The Kier molecular flexibility index (Phi) is 3.00. The van der Waals surface area contributed by atoms with Gasteiger partial charge in [0.15, 0.2) is 5.76 Å². The molecule has 0 aliphatic rings. The zero-order chi connectivity index (χ0) is 11.4. The number of nitrogens with zero attached hydrogens (tertiary/aromatic N) is 2. The second-order valence-corrected chi connectivity index (χ2v) is 3.46. The standard InChI is InChI=1S/C12H12N2O2/c1-14(9-10-5-2-3-7-13-10)12(15)11-6-4-8-16-11/h2-8H,9H2,1H3. The van der Waals surface area contributed by atoms with Gasteiger partial charge in [0.1, 0.15) is 0 Å². The molecule has 2 aromatic heterocycles. The van der Waals surface area contributed by atoms with Crippen LogP contribution in [0.25, 0.3) is 0 Å². The Morgan fingerprint density at radius 3 is 2.88 bits per heavy atom. The van der Waals surface area contributed by atoms with Crippen molar-refractivity contribution in [2.45, 2.75) is 6.54 Å². The SMILES string of the molecule is CN(Cc1ccccn1)C(=O)c1ccco1. The van der Waals surface area contributed by atoms with Crippen LogP contribution < -0.4 is 0 Å². The molecule has 0 aliphatic carbocycles. The molecule has 2 rings (SSSR count). The molecule has 1 amide bonds. The normalized spacial score (nSPS) is 10.1. The first-order valence-electron chi connectivity index (χ1n) is 4.96. The third-order valence-electron chi connectivity index (χ3n) is 2.20. The highest BCUT2D eigenvalue weighted by Crippen LogP contribution is 2.06. The average Bonchev–Trinajstić information content (AvgIpc) is 2.83. The molecule has 0 saturated carbocycles. The summed E-state index contributed by atoms with van der Waals surface area (Å²) in [6, 6.07) is 8.97. The number of carbonyl (C=O) groups is 1. The van der Waals surface area contributed by atoms with Gasteiger partial charge in [0.05, 0.1) is 18.5 Å². The Hall–Kier alpha value is -2.10. The van der Waals surface area contributed by atoms with Crippen molar-refractivity contribution >= 4 is 5.91 Å². The van der Waals surface area contributed by atoms with E-state index in [9.17, 15) is 4.79 Å². The van der Waals surface area contributed by atoms with Crippen molar-refractivity contribution in [3.05, 3.63) is 54.2 Å². The van der Waals surface area contributed by atoms with Crippen LogP contribution in [0.15, 0.2) is 47.2 Å². The van der Waals surface area contributed by atoms with Crippen molar-refractivity contribution in [3.8, 4) is 0 Å². The third kappa shape index (κ3) is 2.28. The van der Waals surface area contributed by atoms with E-state index in [4.69, 9.17) is 4.42 Å². The van der Waals surface area contributed by atoms with Gasteiger partial charge >= 0.3 is 0 Å². The van der Waals surface area contributed by atoms with Gasteiger partial charge < -0.3 is 9.32 Å². The summed E-state index contributed by atoms with van der Waals surface area (Å²) in [5, 5.41) is 0. The van der Waals surface area contributed by atoms with E-state index < -0.39 is 0 Å². The van der Waals surface area contributed by atoms with Gasteiger partial charge in [-0.3, -0.25) is 9.78 Å². The molecule has 2 heterocycles. The molecule has 0 aromatic carbocycles. The second kappa shape index (κ2) is 4.61. The van der Waals surface area contributed by atoms with Crippen LogP contribution in [-0.4, -0.2) is 22.8 Å². The molecule has 0 unspecified atom stereocenters. The van der Waals surface area contributed by atoms with E-state index in [2.05, 4.69) is 4.98 Å². The van der Waals surface area contributed by atoms with Crippen LogP contribution in [0.4, 0.5) is 0 Å². The molecule has 16 heavy (non-hydrogen) atoms. The number of hydrogen-bond donors (Lipinski definition) is 0. The Morgan fingerprint density at radius 2 is 2.25 bits per heavy atom. The number of furan rings is 1. The van der Waals surface area contributed by atoms with E-state index in [1.807, 2.05) is 18.2 Å². The van der Waals surface area contributed by atoms with Gasteiger partial charge in [-0.2, -0.15) is 0 Å². The summed E-state index contributed by atoms with van der Waals surface area (Å²) in [5.74, 6) is 0.203. The van der Waals surface area contributed by atoms with Crippen LogP contribution >= 0.6 is 0 Å². The first kappa shape index (κ1) is 10.4. The van der Waals surface area contributed by atoms with Crippen molar-refractivity contribution in [1.82, 2.24) is 9.88 Å². The number of hydrogen-bond acceptors (Lipinski definition) is 3. The van der Waals surface area contributed by atoms with E-state index in [0.29, 0.717) is 12.3 Å². The van der Waals surface area contributed by atoms with E-state index in [1.165, 1.54) is 6.26 Å². The Morgan fingerprint density at radius 1 is 1.38 bits per heavy atom. The van der Waals surface area contributed by atoms with Crippen LogP contribution in [0.1, 0.15) is 16.2 Å². The zero-order valence-electron chi connectivity index (χ0n) is 8.96. The lowest BCUT2D eigenvalue weighted by Crippen LogP contribution is -2.26. The molecule has 0 spiro atoms. The first-order valence-corrected chi connectivity index (χ1v) is 4.96. The molecule has 0 radical (unpaired) electrons. The number of aromatic nitrogens is 1. The van der Waals surface area contributed by atoms with Crippen LogP contribution in [0.3, 0.4) is 0 Å². The van der Waals surface area contributed by atoms with Crippen LogP contribution in [0, 0.1) is 0 Å². The molecule has 0 N–H and O–H groups in total. The minimum Gasteiger partial charge on any atom is -0.459 e. The van der Waals surface area contributed by atoms with Gasteiger partial charge in [0.25, 0.3) is 5.91 Å². The van der Waals surface area contributed by atoms with E-state index in [0.717, 1.165) is 5.69 Å². The molecule has 4 heteroatoms. The molecular weight excluding hydrogens is 204 g/mol. The van der Waals surface area contributed by atoms with Gasteiger partial charge in [0.2, 0.25) is 0 Å². The van der Waals surface area contributed by atoms with Gasteiger partial charge in [-0.05, 0) is 24.3 Å². The van der Waals surface area contributed by atoms with Crippen molar-refractivity contribution in [2.75, 3.05) is 7.05 Å². The van der Waals surface area contributed by atoms with Crippen molar-refractivity contribution < 1.29 is 9.21 Å². The second-order valence-electron chi connectivity index (χ2n) is 3.46. The minimum atomic E-state index is -0.143. The molecule has 0 aliphatic heterocycles. The number of rotatable bonds is 3. The maximum Gasteiger partial charge on any atom is 0.289 e. The van der Waals surface area contributed by atoms with Crippen LogP contribution in [-0.2, 0) is 6.54 Å². The summed E-state index contributed by atoms with van der Waals surface area (Å²) in [6.45, 7) is 0.473. The van der Waals surface area contributed by atoms with E-state index in [-0.39, 0.29) is 5.91 Å². The summed E-state index contributed by atoms with van der Waals surface area (Å²) in [6.07, 6.45) is 3.20. The Bertz CT molecular complexity index is 451. The Labute approximate surface area is 93.5 Å². The highest BCUT2D eigenvalue weighted by molar-refractivity contribution is 5.91. The lowest BCUT2D eigenvalue weighted by Gasteiger charge is -2.14. The number of pyridine rings is 1. The average molecular weight is 216 g/mol. The summed E-state index contributed by atoms with van der Waals surface area (Å²) >= 11 is 0. The molecule has 0 saturated heterocycles.